The van der Waals surface area contributed by atoms with Gasteiger partial charge in [0.05, 0.1) is 18.1 Å². The van der Waals surface area contributed by atoms with Gasteiger partial charge in [-0.2, -0.15) is 0 Å². The van der Waals surface area contributed by atoms with Crippen LogP contribution in [0.3, 0.4) is 0 Å². The van der Waals surface area contributed by atoms with E-state index in [0.717, 1.165) is 11.5 Å². The molecular weight excluding hydrogens is 214 g/mol. The van der Waals surface area contributed by atoms with Crippen LogP contribution >= 0.6 is 0 Å². The number of imidazole rings is 1. The first-order valence-corrected chi connectivity index (χ1v) is 6.87. The number of aromatic nitrogens is 2. The van der Waals surface area contributed by atoms with Crippen molar-refractivity contribution in [1.82, 2.24) is 9.97 Å². The molecule has 0 bridgehead atoms. The zero-order chi connectivity index (χ0) is 10.9. The molecule has 1 aliphatic heterocycles. The molecule has 0 aromatic carbocycles. The Morgan fingerprint density at radius 1 is 1.47 bits per heavy atom. The average molecular weight is 229 g/mol. The SMILES string of the molecule is NCc1ncc(C2CCS(=O)(=O)CC2)[nH]1. The van der Waals surface area contributed by atoms with Crippen molar-refractivity contribution in [1.29, 1.82) is 0 Å². The number of nitrogens with one attached hydrogen (secondary N) is 1. The third-order valence-electron chi connectivity index (χ3n) is 2.84. The summed E-state index contributed by atoms with van der Waals surface area (Å²) in [6, 6.07) is 0. The van der Waals surface area contributed by atoms with Crippen molar-refractivity contribution in [2.24, 2.45) is 5.73 Å². The Kier molecular flexibility index (Phi) is 2.79. The predicted octanol–water partition coefficient (Wildman–Crippen LogP) is 0.161. The van der Waals surface area contributed by atoms with E-state index in [1.54, 1.807) is 6.20 Å². The van der Waals surface area contributed by atoms with Crippen LogP contribution in [0.25, 0.3) is 0 Å². The minimum atomic E-state index is -2.78. The molecule has 3 N–H and O–H groups in total. The summed E-state index contributed by atoms with van der Waals surface area (Å²) in [6.07, 6.45) is 3.15. The number of nitrogens with two attached hydrogens (primary N) is 1. The van der Waals surface area contributed by atoms with Crippen LogP contribution in [0.4, 0.5) is 0 Å². The highest BCUT2D eigenvalue weighted by molar-refractivity contribution is 7.91. The zero-order valence-electron chi connectivity index (χ0n) is 8.44. The second kappa shape index (κ2) is 3.94. The first kappa shape index (κ1) is 10.6. The highest BCUT2D eigenvalue weighted by Crippen LogP contribution is 2.27. The fraction of sp³-hybridized carbons (Fsp3) is 0.667. The van der Waals surface area contributed by atoms with Crippen LogP contribution in [-0.4, -0.2) is 29.9 Å². The lowest BCUT2D eigenvalue weighted by atomic mass is 10.00. The fourth-order valence-electron chi connectivity index (χ4n) is 1.89. The number of H-pyrrole nitrogens is 1. The summed E-state index contributed by atoms with van der Waals surface area (Å²) < 4.78 is 22.5. The smallest absolute Gasteiger partial charge is 0.150 e. The zero-order valence-corrected chi connectivity index (χ0v) is 9.26. The Balaban J connectivity index is 2.07. The van der Waals surface area contributed by atoms with Crippen LogP contribution in [0.2, 0.25) is 0 Å². The number of rotatable bonds is 2. The van der Waals surface area contributed by atoms with E-state index in [1.165, 1.54) is 0 Å². The Labute approximate surface area is 89.0 Å². The molecule has 1 aliphatic rings. The van der Waals surface area contributed by atoms with Crippen LogP contribution in [0, 0.1) is 0 Å². The van der Waals surface area contributed by atoms with Gasteiger partial charge in [-0.1, -0.05) is 0 Å². The summed E-state index contributed by atoms with van der Waals surface area (Å²) >= 11 is 0. The standard InChI is InChI=1S/C9H15N3O2S/c10-5-9-11-6-8(12-9)7-1-3-15(13,14)4-2-7/h6-7H,1-5,10H2,(H,11,12). The number of hydrogen-bond donors (Lipinski definition) is 2. The number of nitrogens with zero attached hydrogens (tertiary/aromatic N) is 1. The summed E-state index contributed by atoms with van der Waals surface area (Å²) in [5.41, 5.74) is 6.46. The molecule has 6 heteroatoms. The third kappa shape index (κ3) is 2.38. The Bertz CT molecular complexity index is 424. The van der Waals surface area contributed by atoms with Gasteiger partial charge < -0.3 is 10.7 Å². The van der Waals surface area contributed by atoms with E-state index >= 15 is 0 Å². The van der Waals surface area contributed by atoms with Crippen molar-refractivity contribution in [3.8, 4) is 0 Å². The van der Waals surface area contributed by atoms with E-state index in [9.17, 15) is 8.42 Å². The molecule has 0 unspecified atom stereocenters. The van der Waals surface area contributed by atoms with Gasteiger partial charge in [0.1, 0.15) is 15.7 Å². The van der Waals surface area contributed by atoms with E-state index in [4.69, 9.17) is 5.73 Å². The molecule has 1 saturated heterocycles. The molecule has 0 atom stereocenters. The van der Waals surface area contributed by atoms with Crippen LogP contribution in [0.1, 0.15) is 30.3 Å². The molecule has 1 aromatic heterocycles. The summed E-state index contributed by atoms with van der Waals surface area (Å²) in [5, 5.41) is 0. The maximum atomic E-state index is 11.2. The van der Waals surface area contributed by atoms with Crippen molar-refractivity contribution in [3.63, 3.8) is 0 Å². The summed E-state index contributed by atoms with van der Waals surface area (Å²) in [5.74, 6) is 1.63. The van der Waals surface area contributed by atoms with Gasteiger partial charge in [0.2, 0.25) is 0 Å². The Morgan fingerprint density at radius 2 is 2.13 bits per heavy atom. The van der Waals surface area contributed by atoms with Gasteiger partial charge in [0.25, 0.3) is 0 Å². The molecule has 0 saturated carbocycles. The lowest BCUT2D eigenvalue weighted by Crippen LogP contribution is -2.22. The van der Waals surface area contributed by atoms with E-state index in [1.807, 2.05) is 0 Å². The van der Waals surface area contributed by atoms with E-state index in [0.29, 0.717) is 25.3 Å². The van der Waals surface area contributed by atoms with E-state index in [2.05, 4.69) is 9.97 Å². The molecule has 0 aliphatic carbocycles. The number of sulfone groups is 1. The monoisotopic (exact) mass is 229 g/mol. The predicted molar refractivity (Wildman–Crippen MR) is 57.1 cm³/mol. The molecule has 1 aromatic rings. The first-order valence-electron chi connectivity index (χ1n) is 5.05. The maximum Gasteiger partial charge on any atom is 0.150 e. The quantitative estimate of drug-likeness (QED) is 0.756. The van der Waals surface area contributed by atoms with Crippen LogP contribution in [0.5, 0.6) is 0 Å². The molecule has 15 heavy (non-hydrogen) atoms. The van der Waals surface area contributed by atoms with Crippen molar-refractivity contribution in [2.45, 2.75) is 25.3 Å². The molecule has 2 rings (SSSR count). The van der Waals surface area contributed by atoms with Crippen LogP contribution < -0.4 is 5.73 Å². The first-order chi connectivity index (χ1) is 7.11. The largest absolute Gasteiger partial charge is 0.345 e. The van der Waals surface area contributed by atoms with Gasteiger partial charge in [-0.15, -0.1) is 0 Å². The van der Waals surface area contributed by atoms with Gasteiger partial charge in [0, 0.05) is 17.8 Å². The summed E-state index contributed by atoms with van der Waals surface area (Å²) in [4.78, 5) is 7.25. The average Bonchev–Trinajstić information content (AvgIpc) is 2.66. The van der Waals surface area contributed by atoms with E-state index < -0.39 is 9.84 Å². The van der Waals surface area contributed by atoms with Gasteiger partial charge >= 0.3 is 0 Å². The Morgan fingerprint density at radius 3 is 2.67 bits per heavy atom. The Hall–Kier alpha value is -0.880. The van der Waals surface area contributed by atoms with Crippen molar-refractivity contribution < 1.29 is 8.42 Å². The highest BCUT2D eigenvalue weighted by atomic mass is 32.2. The van der Waals surface area contributed by atoms with Gasteiger partial charge in [-0.3, -0.25) is 0 Å². The van der Waals surface area contributed by atoms with E-state index in [-0.39, 0.29) is 11.5 Å². The molecule has 2 heterocycles. The molecule has 84 valence electrons. The topological polar surface area (TPSA) is 88.8 Å². The molecule has 0 radical (unpaired) electrons. The third-order valence-corrected chi connectivity index (χ3v) is 4.55. The molecule has 1 fully saturated rings. The summed E-state index contributed by atoms with van der Waals surface area (Å²) in [7, 11) is -2.78. The number of aromatic amines is 1. The van der Waals surface area contributed by atoms with Crippen LogP contribution in [0.15, 0.2) is 6.20 Å². The fourth-order valence-corrected chi connectivity index (χ4v) is 3.38. The maximum absolute atomic E-state index is 11.2. The second-order valence-corrected chi connectivity index (χ2v) is 6.22. The lowest BCUT2D eigenvalue weighted by Gasteiger charge is -2.20. The van der Waals surface area contributed by atoms with Crippen LogP contribution in [-0.2, 0) is 16.4 Å². The van der Waals surface area contributed by atoms with Crippen molar-refractivity contribution >= 4 is 9.84 Å². The van der Waals surface area contributed by atoms with Gasteiger partial charge in [-0.25, -0.2) is 13.4 Å². The molecule has 0 spiro atoms. The highest BCUT2D eigenvalue weighted by Gasteiger charge is 2.25. The molecular formula is C9H15N3O2S. The number of hydrogen-bond acceptors (Lipinski definition) is 4. The lowest BCUT2D eigenvalue weighted by molar-refractivity contribution is 0.545. The molecule has 5 nitrogen and oxygen atoms in total. The van der Waals surface area contributed by atoms with Gasteiger partial charge in [-0.05, 0) is 12.8 Å². The van der Waals surface area contributed by atoms with Gasteiger partial charge in [0.15, 0.2) is 0 Å². The minimum absolute atomic E-state index is 0.286. The normalized spacial score (nSPS) is 21.7. The minimum Gasteiger partial charge on any atom is -0.345 e. The second-order valence-electron chi connectivity index (χ2n) is 3.92. The summed E-state index contributed by atoms with van der Waals surface area (Å²) in [6.45, 7) is 0.394. The molecule has 0 amide bonds. The van der Waals surface area contributed by atoms with Crippen molar-refractivity contribution in [2.75, 3.05) is 11.5 Å². The van der Waals surface area contributed by atoms with Crippen molar-refractivity contribution in [3.05, 3.63) is 17.7 Å².